The summed E-state index contributed by atoms with van der Waals surface area (Å²) in [6.07, 6.45) is 0.560. The number of piperazine rings is 1. The van der Waals surface area contributed by atoms with Crippen LogP contribution in [0.1, 0.15) is 30.9 Å². The van der Waals surface area contributed by atoms with Gasteiger partial charge in [0.1, 0.15) is 0 Å². The first-order valence-corrected chi connectivity index (χ1v) is 14.3. The molecule has 33 heavy (non-hydrogen) atoms. The Labute approximate surface area is 195 Å². The SMILES string of the molecule is CC(C)c1ccc(N2C(=O)CN(CCc3ccc(S(N)(=O)=O)cc3)C3CS(=O)(=O)CC32)cc1. The number of primary sulfonamides is 1. The lowest BCUT2D eigenvalue weighted by molar-refractivity contribution is -0.123. The maximum Gasteiger partial charge on any atom is 0.241 e. The Hall–Kier alpha value is -2.27. The monoisotopic (exact) mass is 491 g/mol. The van der Waals surface area contributed by atoms with E-state index in [1.165, 1.54) is 12.1 Å². The second-order valence-corrected chi connectivity index (χ2v) is 12.8. The number of sulfone groups is 1. The van der Waals surface area contributed by atoms with Gasteiger partial charge in [-0.25, -0.2) is 22.0 Å². The summed E-state index contributed by atoms with van der Waals surface area (Å²) in [7, 11) is -7.02. The predicted molar refractivity (Wildman–Crippen MR) is 127 cm³/mol. The van der Waals surface area contributed by atoms with Crippen molar-refractivity contribution in [1.82, 2.24) is 4.90 Å². The van der Waals surface area contributed by atoms with Crippen molar-refractivity contribution in [2.75, 3.05) is 29.5 Å². The summed E-state index contributed by atoms with van der Waals surface area (Å²) in [5, 5.41) is 5.15. The number of carbonyl (C=O) groups excluding carboxylic acids is 1. The molecular formula is C23H29N3O5S2. The van der Waals surface area contributed by atoms with Crippen LogP contribution in [0.2, 0.25) is 0 Å². The number of sulfonamides is 1. The molecule has 2 fully saturated rings. The first-order valence-electron chi connectivity index (χ1n) is 10.9. The normalized spacial score (nSPS) is 23.2. The van der Waals surface area contributed by atoms with Crippen molar-refractivity contribution < 1.29 is 21.6 Å². The van der Waals surface area contributed by atoms with E-state index in [1.807, 2.05) is 29.2 Å². The molecule has 2 atom stereocenters. The number of hydrogen-bond donors (Lipinski definition) is 1. The summed E-state index contributed by atoms with van der Waals surface area (Å²) in [5.41, 5.74) is 2.78. The van der Waals surface area contributed by atoms with Gasteiger partial charge in [-0.05, 0) is 47.7 Å². The first kappa shape index (κ1) is 23.9. The van der Waals surface area contributed by atoms with Crippen LogP contribution in [0, 0.1) is 0 Å². The predicted octanol–water partition coefficient (Wildman–Crippen LogP) is 1.51. The number of nitrogens with two attached hydrogens (primary N) is 1. The zero-order valence-electron chi connectivity index (χ0n) is 18.7. The lowest BCUT2D eigenvalue weighted by Crippen LogP contribution is -2.62. The van der Waals surface area contributed by atoms with E-state index in [0.29, 0.717) is 18.9 Å². The van der Waals surface area contributed by atoms with Crippen LogP contribution in [0.25, 0.3) is 0 Å². The van der Waals surface area contributed by atoms with Crippen molar-refractivity contribution in [2.24, 2.45) is 5.14 Å². The van der Waals surface area contributed by atoms with Crippen molar-refractivity contribution in [1.29, 1.82) is 0 Å². The molecule has 4 rings (SSSR count). The maximum atomic E-state index is 13.2. The lowest BCUT2D eigenvalue weighted by Gasteiger charge is -2.43. The molecule has 0 spiro atoms. The fraction of sp³-hybridized carbons (Fsp3) is 0.435. The van der Waals surface area contributed by atoms with Gasteiger partial charge in [0.15, 0.2) is 9.84 Å². The molecule has 178 valence electrons. The molecule has 0 radical (unpaired) electrons. The third-order valence-corrected chi connectivity index (χ3v) is 9.11. The van der Waals surface area contributed by atoms with Crippen LogP contribution in [0.3, 0.4) is 0 Å². The summed E-state index contributed by atoms with van der Waals surface area (Å²) in [5.74, 6) is 0.227. The number of amides is 1. The highest BCUT2D eigenvalue weighted by Gasteiger charge is 2.49. The third kappa shape index (κ3) is 5.13. The largest absolute Gasteiger partial charge is 0.306 e. The molecule has 1 amide bonds. The molecule has 2 unspecified atom stereocenters. The molecule has 2 aromatic rings. The van der Waals surface area contributed by atoms with Crippen LogP contribution in [-0.2, 0) is 31.1 Å². The second-order valence-electron chi connectivity index (χ2n) is 9.13. The van der Waals surface area contributed by atoms with Crippen LogP contribution in [0.4, 0.5) is 5.69 Å². The van der Waals surface area contributed by atoms with E-state index >= 15 is 0 Å². The van der Waals surface area contributed by atoms with E-state index in [2.05, 4.69) is 13.8 Å². The van der Waals surface area contributed by atoms with Gasteiger partial charge in [-0.1, -0.05) is 38.1 Å². The molecule has 2 N–H and O–H groups in total. The molecule has 2 heterocycles. The van der Waals surface area contributed by atoms with Crippen molar-refractivity contribution in [3.63, 3.8) is 0 Å². The number of rotatable bonds is 6. The van der Waals surface area contributed by atoms with Crippen LogP contribution in [0.15, 0.2) is 53.4 Å². The van der Waals surface area contributed by atoms with E-state index < -0.39 is 25.9 Å². The summed E-state index contributed by atoms with van der Waals surface area (Å²) >= 11 is 0. The van der Waals surface area contributed by atoms with E-state index in [1.54, 1.807) is 17.0 Å². The molecular weight excluding hydrogens is 462 g/mol. The van der Waals surface area contributed by atoms with Gasteiger partial charge in [0.05, 0.1) is 29.0 Å². The lowest BCUT2D eigenvalue weighted by atomic mass is 10.00. The molecule has 2 aliphatic rings. The number of carbonyl (C=O) groups is 1. The summed E-state index contributed by atoms with van der Waals surface area (Å²) < 4.78 is 48.0. The van der Waals surface area contributed by atoms with Gasteiger partial charge < -0.3 is 4.90 Å². The molecule has 2 aliphatic heterocycles. The molecule has 8 nitrogen and oxygen atoms in total. The minimum Gasteiger partial charge on any atom is -0.306 e. The Bertz CT molecular complexity index is 1240. The van der Waals surface area contributed by atoms with Crippen molar-refractivity contribution in [3.8, 4) is 0 Å². The smallest absolute Gasteiger partial charge is 0.241 e. The average molecular weight is 492 g/mol. The zero-order chi connectivity index (χ0) is 24.0. The fourth-order valence-electron chi connectivity index (χ4n) is 4.68. The van der Waals surface area contributed by atoms with Gasteiger partial charge >= 0.3 is 0 Å². The maximum absolute atomic E-state index is 13.2. The second kappa shape index (κ2) is 8.83. The van der Waals surface area contributed by atoms with Gasteiger partial charge in [-0.3, -0.25) is 9.69 Å². The van der Waals surface area contributed by atoms with Crippen molar-refractivity contribution in [3.05, 3.63) is 59.7 Å². The third-order valence-electron chi connectivity index (χ3n) is 6.48. The Morgan fingerprint density at radius 1 is 1.00 bits per heavy atom. The van der Waals surface area contributed by atoms with Gasteiger partial charge in [0.25, 0.3) is 0 Å². The Morgan fingerprint density at radius 3 is 2.18 bits per heavy atom. The molecule has 2 saturated heterocycles. The molecule has 0 bridgehead atoms. The molecule has 10 heteroatoms. The Kier molecular flexibility index (Phi) is 6.38. The number of anilines is 1. The van der Waals surface area contributed by atoms with Crippen LogP contribution >= 0.6 is 0 Å². The standard InChI is InChI=1S/C23H29N3O5S2/c1-16(2)18-5-7-19(8-6-18)26-22-15-32(28,29)14-21(22)25(13-23(26)27)12-11-17-3-9-20(10-4-17)33(24,30)31/h3-10,16,21-22H,11-15H2,1-2H3,(H2,24,30,31). The molecule has 2 aromatic carbocycles. The van der Waals surface area contributed by atoms with Crippen LogP contribution in [0.5, 0.6) is 0 Å². The van der Waals surface area contributed by atoms with Gasteiger partial charge in [0, 0.05) is 18.3 Å². The quantitative estimate of drug-likeness (QED) is 0.655. The van der Waals surface area contributed by atoms with E-state index in [9.17, 15) is 21.6 Å². The van der Waals surface area contributed by atoms with Gasteiger partial charge in [-0.15, -0.1) is 0 Å². The summed E-state index contributed by atoms with van der Waals surface area (Å²) in [6.45, 7) is 4.83. The van der Waals surface area contributed by atoms with Crippen molar-refractivity contribution >= 4 is 31.5 Å². The Morgan fingerprint density at radius 2 is 1.61 bits per heavy atom. The van der Waals surface area contributed by atoms with E-state index in [-0.39, 0.29) is 34.9 Å². The van der Waals surface area contributed by atoms with Crippen LogP contribution < -0.4 is 10.0 Å². The number of fused-ring (bicyclic) bond motifs is 1. The average Bonchev–Trinajstić information content (AvgIpc) is 3.06. The molecule has 0 aliphatic carbocycles. The van der Waals surface area contributed by atoms with E-state index in [0.717, 1.165) is 16.8 Å². The highest BCUT2D eigenvalue weighted by molar-refractivity contribution is 7.91. The molecule has 0 saturated carbocycles. The topological polar surface area (TPSA) is 118 Å². The minimum absolute atomic E-state index is 0.0237. The summed E-state index contributed by atoms with van der Waals surface area (Å²) in [6, 6.07) is 13.4. The van der Waals surface area contributed by atoms with Crippen molar-refractivity contribution in [2.45, 2.75) is 43.2 Å². The minimum atomic E-state index is -3.75. The van der Waals surface area contributed by atoms with Crippen LogP contribution in [-0.4, -0.2) is 64.3 Å². The number of nitrogens with zero attached hydrogens (tertiary/aromatic N) is 2. The Balaban J connectivity index is 1.53. The molecule has 0 aromatic heterocycles. The first-order chi connectivity index (χ1) is 15.4. The highest BCUT2D eigenvalue weighted by atomic mass is 32.2. The van der Waals surface area contributed by atoms with Gasteiger partial charge in [-0.2, -0.15) is 0 Å². The number of hydrogen-bond acceptors (Lipinski definition) is 6. The van der Waals surface area contributed by atoms with E-state index in [4.69, 9.17) is 5.14 Å². The fourth-order valence-corrected chi connectivity index (χ4v) is 7.17. The highest BCUT2D eigenvalue weighted by Crippen LogP contribution is 2.32. The zero-order valence-corrected chi connectivity index (χ0v) is 20.3. The summed E-state index contributed by atoms with van der Waals surface area (Å²) in [4.78, 5) is 16.8. The number of benzene rings is 2. The van der Waals surface area contributed by atoms with Gasteiger partial charge in [0.2, 0.25) is 15.9 Å².